The minimum Gasteiger partial charge on any atom is -0.376 e. The lowest BCUT2D eigenvalue weighted by Crippen LogP contribution is -2.57. The summed E-state index contributed by atoms with van der Waals surface area (Å²) >= 11 is 0. The highest BCUT2D eigenvalue weighted by Gasteiger charge is 2.46. The molecule has 1 unspecified atom stereocenters. The number of benzene rings is 1. The minimum atomic E-state index is -0.508. The van der Waals surface area contributed by atoms with Gasteiger partial charge in [0.1, 0.15) is 22.6 Å². The SMILES string of the molecule is CN(C)c1cncc(-c2cn(C3(c4ccc(N5CC([n+]6cc(-c7cn(C8(c9ccc(N%10CCC[C@@H](NCC%11CCC%11)C%10)cn9)COC8)nn7)cc(N(C)C)c6)C[C@@H](NCC6CCC6)C5)cc4)COC3)nn2)c1. The molecule has 9 heterocycles. The summed E-state index contributed by atoms with van der Waals surface area (Å²) in [4.78, 5) is 18.9. The molecule has 12 rings (SSSR count). The van der Waals surface area contributed by atoms with Crippen LogP contribution in [-0.2, 0) is 20.6 Å². The van der Waals surface area contributed by atoms with E-state index in [1.807, 2.05) is 46.9 Å². The average Bonchev–Trinajstić information content (AvgIpc) is 4.05. The van der Waals surface area contributed by atoms with Crippen LogP contribution in [0.25, 0.3) is 22.5 Å². The van der Waals surface area contributed by atoms with Gasteiger partial charge in [-0.2, -0.15) is 4.57 Å². The van der Waals surface area contributed by atoms with Crippen molar-refractivity contribution in [3.63, 3.8) is 0 Å². The number of piperidine rings is 2. The first kappa shape index (κ1) is 47.0. The maximum Gasteiger partial charge on any atom is 0.192 e. The number of pyridine rings is 3. The molecule has 4 saturated heterocycles. The van der Waals surface area contributed by atoms with Gasteiger partial charge in [0.15, 0.2) is 24.0 Å². The van der Waals surface area contributed by atoms with Gasteiger partial charge in [-0.15, -0.1) is 10.2 Å². The number of ether oxygens (including phenoxy) is 2. The summed E-state index contributed by atoms with van der Waals surface area (Å²) in [5, 5.41) is 26.8. The van der Waals surface area contributed by atoms with Crippen molar-refractivity contribution in [3.8, 4) is 22.5 Å². The third kappa shape index (κ3) is 9.21. The van der Waals surface area contributed by atoms with Gasteiger partial charge in [-0.05, 0) is 105 Å². The summed E-state index contributed by atoms with van der Waals surface area (Å²) in [5.74, 6) is 1.64. The molecule has 1 aromatic carbocycles. The average molecular weight is 975 g/mol. The van der Waals surface area contributed by atoms with Gasteiger partial charge >= 0.3 is 0 Å². The van der Waals surface area contributed by atoms with Crippen LogP contribution in [0.1, 0.15) is 75.1 Å². The molecule has 6 aliphatic rings. The van der Waals surface area contributed by atoms with Crippen LogP contribution in [-0.4, -0.2) is 146 Å². The number of hydrogen-bond acceptors (Lipinski definition) is 14. The lowest BCUT2D eigenvalue weighted by molar-refractivity contribution is -0.721. The zero-order valence-electron chi connectivity index (χ0n) is 42.6. The quantitative estimate of drug-likeness (QED) is 0.111. The molecule has 17 heteroatoms. The van der Waals surface area contributed by atoms with E-state index in [0.29, 0.717) is 38.5 Å². The van der Waals surface area contributed by atoms with Crippen molar-refractivity contribution < 1.29 is 14.0 Å². The summed E-state index contributed by atoms with van der Waals surface area (Å²) in [6.45, 7) is 8.21. The fourth-order valence-electron chi connectivity index (χ4n) is 11.5. The Morgan fingerprint density at radius 3 is 1.90 bits per heavy atom. The highest BCUT2D eigenvalue weighted by atomic mass is 16.5. The van der Waals surface area contributed by atoms with E-state index in [4.69, 9.17) is 24.8 Å². The van der Waals surface area contributed by atoms with E-state index in [1.165, 1.54) is 62.7 Å². The van der Waals surface area contributed by atoms with Gasteiger partial charge in [0, 0.05) is 83.8 Å². The Kier molecular flexibility index (Phi) is 12.9. The van der Waals surface area contributed by atoms with E-state index < -0.39 is 11.1 Å². The monoisotopic (exact) mass is 975 g/mol. The Labute approximate surface area is 423 Å². The molecule has 0 radical (unpaired) electrons. The van der Waals surface area contributed by atoms with Gasteiger partial charge in [-0.1, -0.05) is 35.4 Å². The second-order valence-electron chi connectivity index (χ2n) is 22.2. The fraction of sp³-hybridized carbons (Fsp3) is 0.545. The van der Waals surface area contributed by atoms with Crippen LogP contribution in [0.3, 0.4) is 0 Å². The molecule has 6 fully saturated rings. The molecule has 0 spiro atoms. The Morgan fingerprint density at radius 2 is 1.28 bits per heavy atom. The fourth-order valence-corrected chi connectivity index (χ4v) is 11.5. The number of anilines is 4. The molecule has 2 saturated carbocycles. The Balaban J connectivity index is 0.780. The molecule has 4 aliphatic heterocycles. The Morgan fingerprint density at radius 1 is 0.639 bits per heavy atom. The Hall–Kier alpha value is -6.01. The molecule has 72 heavy (non-hydrogen) atoms. The summed E-state index contributed by atoms with van der Waals surface area (Å²) < 4.78 is 18.2. The number of rotatable bonds is 17. The molecule has 2 N–H and O–H groups in total. The second kappa shape index (κ2) is 19.8. The summed E-state index contributed by atoms with van der Waals surface area (Å²) in [6, 6.07) is 18.9. The third-order valence-electron chi connectivity index (χ3n) is 16.9. The van der Waals surface area contributed by atoms with Crippen LogP contribution in [0.4, 0.5) is 22.7 Å². The Bertz CT molecular complexity index is 2790. The van der Waals surface area contributed by atoms with Gasteiger partial charge in [-0.25, -0.2) is 9.36 Å². The number of aromatic nitrogens is 9. The van der Waals surface area contributed by atoms with Crippen LogP contribution in [0.2, 0.25) is 0 Å². The van der Waals surface area contributed by atoms with E-state index >= 15 is 0 Å². The van der Waals surface area contributed by atoms with E-state index in [9.17, 15) is 0 Å². The lowest BCUT2D eigenvalue weighted by Gasteiger charge is -2.42. The molecule has 378 valence electrons. The van der Waals surface area contributed by atoms with Gasteiger partial charge in [0.25, 0.3) is 0 Å². The van der Waals surface area contributed by atoms with E-state index in [0.717, 1.165) is 103 Å². The predicted molar refractivity (Wildman–Crippen MR) is 280 cm³/mol. The van der Waals surface area contributed by atoms with Crippen molar-refractivity contribution in [2.24, 2.45) is 11.8 Å². The van der Waals surface area contributed by atoms with Gasteiger partial charge in [0.2, 0.25) is 0 Å². The van der Waals surface area contributed by atoms with Gasteiger partial charge in [0.05, 0.1) is 80.4 Å². The molecule has 2 aliphatic carbocycles. The van der Waals surface area contributed by atoms with Crippen molar-refractivity contribution in [1.82, 2.24) is 50.6 Å². The summed E-state index contributed by atoms with van der Waals surface area (Å²) in [6.07, 6.45) is 26.1. The van der Waals surface area contributed by atoms with Crippen molar-refractivity contribution in [2.45, 2.75) is 87.0 Å². The van der Waals surface area contributed by atoms with Crippen molar-refractivity contribution in [3.05, 3.63) is 103 Å². The largest absolute Gasteiger partial charge is 0.376 e. The first-order valence-electron chi connectivity index (χ1n) is 26.6. The molecule has 3 atom stereocenters. The van der Waals surface area contributed by atoms with E-state index in [1.54, 1.807) is 0 Å². The van der Waals surface area contributed by atoms with E-state index in [-0.39, 0.29) is 6.04 Å². The number of nitrogens with zero attached hydrogens (tertiary/aromatic N) is 13. The summed E-state index contributed by atoms with van der Waals surface area (Å²) in [7, 11) is 8.26. The highest BCUT2D eigenvalue weighted by molar-refractivity contribution is 5.64. The van der Waals surface area contributed by atoms with Crippen LogP contribution < -0.4 is 34.8 Å². The topological polar surface area (TPSA) is 147 Å². The van der Waals surface area contributed by atoms with Crippen LogP contribution in [0.5, 0.6) is 0 Å². The smallest absolute Gasteiger partial charge is 0.192 e. The van der Waals surface area contributed by atoms with Crippen LogP contribution in [0.15, 0.2) is 91.9 Å². The molecule has 0 bridgehead atoms. The van der Waals surface area contributed by atoms with Gasteiger partial charge in [-0.3, -0.25) is 9.97 Å². The first-order chi connectivity index (χ1) is 35.2. The molecule has 6 aromatic rings. The lowest BCUT2D eigenvalue weighted by atomic mass is 9.85. The van der Waals surface area contributed by atoms with Gasteiger partial charge < -0.3 is 39.7 Å². The van der Waals surface area contributed by atoms with E-state index in [2.05, 4.69) is 133 Å². The van der Waals surface area contributed by atoms with Crippen molar-refractivity contribution in [2.75, 3.05) is 113 Å². The normalized spacial score (nSPS) is 22.9. The first-order valence-corrected chi connectivity index (χ1v) is 26.6. The zero-order valence-corrected chi connectivity index (χ0v) is 42.6. The van der Waals surface area contributed by atoms with Crippen LogP contribution in [0, 0.1) is 11.8 Å². The third-order valence-corrected chi connectivity index (χ3v) is 16.9. The van der Waals surface area contributed by atoms with Crippen molar-refractivity contribution in [1.29, 1.82) is 0 Å². The number of nitrogens with one attached hydrogen (secondary N) is 2. The predicted octanol–water partition coefficient (Wildman–Crippen LogP) is 5.53. The molecular weight excluding hydrogens is 903 g/mol. The van der Waals surface area contributed by atoms with Crippen molar-refractivity contribution >= 4 is 22.7 Å². The number of hydrogen-bond donors (Lipinski definition) is 2. The maximum absolute atomic E-state index is 5.93. The zero-order chi connectivity index (χ0) is 48.8. The summed E-state index contributed by atoms with van der Waals surface area (Å²) in [5.41, 5.74) is 9.30. The molecular formula is C55H72N15O2+. The molecule has 17 nitrogen and oxygen atoms in total. The maximum atomic E-state index is 5.93. The minimum absolute atomic E-state index is 0.203. The molecule has 5 aromatic heterocycles. The highest BCUT2D eigenvalue weighted by Crippen LogP contribution is 2.38. The second-order valence-corrected chi connectivity index (χ2v) is 22.2. The standard InChI is InChI=1S/C55H72N15O2/c1-64(2)48-20-41(25-56-26-48)51-33-69(62-60-51)54(35-71-36-54)43-13-15-46(16-14-43)68-30-45(58-24-40-10-6-11-40)22-50(32-68)67-28-42(21-49(31-67)65(3)4)52-34-70(63-61-52)55(37-72-38-55)53-18-17-47(27-59-53)66-19-7-12-44(29-66)57-23-39-8-5-9-39/h13-18,20-21,25-28,31,33-34,39-40,44-45,50,57-58H,5-12,19,22-24,29-30,32,35-38H2,1-4H3/q+1/t44-,45-,50?/m1/s1. The van der Waals surface area contributed by atoms with Crippen LogP contribution >= 0.6 is 0 Å². The molecule has 0 amide bonds.